The third-order valence-corrected chi connectivity index (χ3v) is 1.90. The number of rotatable bonds is 5. The van der Waals surface area contributed by atoms with E-state index in [1.54, 1.807) is 23.4 Å². The third-order valence-electron chi connectivity index (χ3n) is 1.90. The molecular formula is C12H18N2O2. The quantitative estimate of drug-likeness (QED) is 0.612. The molecule has 0 saturated heterocycles. The summed E-state index contributed by atoms with van der Waals surface area (Å²) in [6.45, 7) is 2.70. The first-order valence-electron chi connectivity index (χ1n) is 5.30. The summed E-state index contributed by atoms with van der Waals surface area (Å²) in [5, 5.41) is 15.4. The van der Waals surface area contributed by atoms with E-state index in [-0.39, 0.29) is 5.75 Å². The molecule has 1 aromatic rings. The van der Waals surface area contributed by atoms with Gasteiger partial charge in [-0.3, -0.25) is 0 Å². The van der Waals surface area contributed by atoms with Crippen molar-refractivity contribution in [2.45, 2.75) is 13.3 Å². The highest BCUT2D eigenvalue weighted by Gasteiger charge is 2.01. The van der Waals surface area contributed by atoms with Crippen LogP contribution in [0.2, 0.25) is 0 Å². The van der Waals surface area contributed by atoms with E-state index in [4.69, 9.17) is 4.74 Å². The molecule has 0 unspecified atom stereocenters. The number of hydrazone groups is 1. The molecule has 0 aliphatic rings. The zero-order valence-electron chi connectivity index (χ0n) is 9.97. The number of benzene rings is 1. The predicted octanol–water partition coefficient (Wildman–Crippen LogP) is 2.08. The number of aromatic hydroxyl groups is 1. The van der Waals surface area contributed by atoms with E-state index in [1.165, 1.54) is 0 Å². The fourth-order valence-corrected chi connectivity index (χ4v) is 1.12. The van der Waals surface area contributed by atoms with Gasteiger partial charge in [0.15, 0.2) is 0 Å². The second-order valence-corrected chi connectivity index (χ2v) is 3.66. The van der Waals surface area contributed by atoms with Gasteiger partial charge in [0.05, 0.1) is 12.8 Å². The van der Waals surface area contributed by atoms with Crippen molar-refractivity contribution >= 4 is 6.21 Å². The van der Waals surface area contributed by atoms with Gasteiger partial charge >= 0.3 is 0 Å². The van der Waals surface area contributed by atoms with Gasteiger partial charge in [-0.1, -0.05) is 6.92 Å². The van der Waals surface area contributed by atoms with E-state index in [1.807, 2.05) is 27.1 Å². The molecule has 0 aromatic heterocycles. The van der Waals surface area contributed by atoms with Crippen LogP contribution in [0.15, 0.2) is 23.3 Å². The minimum atomic E-state index is 0.180. The maximum atomic E-state index is 9.71. The Morgan fingerprint density at radius 3 is 2.75 bits per heavy atom. The number of phenolic OH excluding ortho intramolecular Hbond substituents is 1. The van der Waals surface area contributed by atoms with Gasteiger partial charge in [0.2, 0.25) is 0 Å². The Labute approximate surface area is 96.2 Å². The Kier molecular flexibility index (Phi) is 4.64. The molecule has 0 heterocycles. The molecular weight excluding hydrogens is 204 g/mol. The summed E-state index contributed by atoms with van der Waals surface area (Å²) in [7, 11) is 3.65. The molecule has 0 bridgehead atoms. The SMILES string of the molecule is CCCOc1ccc(C=NN(C)C)c(O)c1. The van der Waals surface area contributed by atoms with E-state index in [9.17, 15) is 5.11 Å². The first-order chi connectivity index (χ1) is 7.63. The minimum Gasteiger partial charge on any atom is -0.507 e. The van der Waals surface area contributed by atoms with E-state index in [0.29, 0.717) is 17.9 Å². The normalized spacial score (nSPS) is 10.7. The van der Waals surface area contributed by atoms with Gasteiger partial charge in [0.25, 0.3) is 0 Å². The lowest BCUT2D eigenvalue weighted by Crippen LogP contribution is -2.02. The highest BCUT2D eigenvalue weighted by atomic mass is 16.5. The van der Waals surface area contributed by atoms with Crippen molar-refractivity contribution in [3.05, 3.63) is 23.8 Å². The van der Waals surface area contributed by atoms with Gasteiger partial charge in [-0.25, -0.2) is 0 Å². The van der Waals surface area contributed by atoms with Crippen molar-refractivity contribution in [3.63, 3.8) is 0 Å². The minimum absolute atomic E-state index is 0.180. The molecule has 0 amide bonds. The van der Waals surface area contributed by atoms with Crippen LogP contribution in [0.5, 0.6) is 11.5 Å². The Morgan fingerprint density at radius 1 is 1.44 bits per heavy atom. The molecule has 16 heavy (non-hydrogen) atoms. The Bertz CT molecular complexity index is 362. The first-order valence-corrected chi connectivity index (χ1v) is 5.30. The van der Waals surface area contributed by atoms with Crippen molar-refractivity contribution < 1.29 is 9.84 Å². The topological polar surface area (TPSA) is 45.1 Å². The van der Waals surface area contributed by atoms with Crippen LogP contribution in [0.4, 0.5) is 0 Å². The van der Waals surface area contributed by atoms with Crippen LogP contribution in [0.3, 0.4) is 0 Å². The molecule has 0 saturated carbocycles. The molecule has 0 radical (unpaired) electrons. The fraction of sp³-hybridized carbons (Fsp3) is 0.417. The number of phenols is 1. The van der Waals surface area contributed by atoms with Crippen LogP contribution in [-0.4, -0.2) is 37.0 Å². The van der Waals surface area contributed by atoms with Gasteiger partial charge in [0.1, 0.15) is 11.5 Å². The van der Waals surface area contributed by atoms with Crippen LogP contribution < -0.4 is 4.74 Å². The summed E-state index contributed by atoms with van der Waals surface area (Å²) in [6, 6.07) is 5.21. The largest absolute Gasteiger partial charge is 0.507 e. The lowest BCUT2D eigenvalue weighted by atomic mass is 10.2. The van der Waals surface area contributed by atoms with E-state index in [2.05, 4.69) is 5.10 Å². The summed E-state index contributed by atoms with van der Waals surface area (Å²) in [5.74, 6) is 0.862. The fourth-order valence-electron chi connectivity index (χ4n) is 1.12. The summed E-state index contributed by atoms with van der Waals surface area (Å²) < 4.78 is 5.40. The lowest BCUT2D eigenvalue weighted by molar-refractivity contribution is 0.315. The van der Waals surface area contributed by atoms with Crippen molar-refractivity contribution in [2.24, 2.45) is 5.10 Å². The van der Waals surface area contributed by atoms with E-state index < -0.39 is 0 Å². The van der Waals surface area contributed by atoms with Crippen LogP contribution in [0.25, 0.3) is 0 Å². The average molecular weight is 222 g/mol. The van der Waals surface area contributed by atoms with Crippen molar-refractivity contribution in [1.29, 1.82) is 0 Å². The highest BCUT2D eigenvalue weighted by molar-refractivity contribution is 5.83. The molecule has 1 aromatic carbocycles. The molecule has 0 spiro atoms. The molecule has 0 aliphatic heterocycles. The molecule has 4 heteroatoms. The molecule has 1 rings (SSSR count). The molecule has 0 fully saturated rings. The monoisotopic (exact) mass is 222 g/mol. The number of hydrogen-bond acceptors (Lipinski definition) is 4. The predicted molar refractivity (Wildman–Crippen MR) is 65.2 cm³/mol. The Balaban J connectivity index is 2.75. The summed E-state index contributed by atoms with van der Waals surface area (Å²) >= 11 is 0. The number of ether oxygens (including phenoxy) is 1. The molecule has 0 aliphatic carbocycles. The summed E-state index contributed by atoms with van der Waals surface area (Å²) in [4.78, 5) is 0. The van der Waals surface area contributed by atoms with Gasteiger partial charge < -0.3 is 14.9 Å². The third kappa shape index (κ3) is 3.81. The summed E-state index contributed by atoms with van der Waals surface area (Å²) in [5.41, 5.74) is 0.678. The van der Waals surface area contributed by atoms with Crippen LogP contribution in [-0.2, 0) is 0 Å². The van der Waals surface area contributed by atoms with Crippen molar-refractivity contribution in [2.75, 3.05) is 20.7 Å². The van der Waals surface area contributed by atoms with Gasteiger partial charge in [-0.2, -0.15) is 5.10 Å². The summed E-state index contributed by atoms with van der Waals surface area (Å²) in [6.07, 6.45) is 2.56. The molecule has 4 nitrogen and oxygen atoms in total. The van der Waals surface area contributed by atoms with Crippen LogP contribution in [0.1, 0.15) is 18.9 Å². The van der Waals surface area contributed by atoms with Gasteiger partial charge in [0, 0.05) is 25.7 Å². The lowest BCUT2D eigenvalue weighted by Gasteiger charge is -2.07. The van der Waals surface area contributed by atoms with Crippen molar-refractivity contribution in [1.82, 2.24) is 5.01 Å². The van der Waals surface area contributed by atoms with Crippen molar-refractivity contribution in [3.8, 4) is 11.5 Å². The molecule has 0 atom stereocenters. The van der Waals surface area contributed by atoms with Crippen LogP contribution in [0, 0.1) is 0 Å². The van der Waals surface area contributed by atoms with Gasteiger partial charge in [-0.05, 0) is 18.6 Å². The number of hydrogen-bond donors (Lipinski definition) is 1. The Hall–Kier alpha value is -1.71. The second kappa shape index (κ2) is 6.00. The smallest absolute Gasteiger partial charge is 0.128 e. The molecule has 1 N–H and O–H groups in total. The van der Waals surface area contributed by atoms with E-state index in [0.717, 1.165) is 6.42 Å². The maximum absolute atomic E-state index is 9.71. The zero-order chi connectivity index (χ0) is 12.0. The zero-order valence-corrected chi connectivity index (χ0v) is 9.97. The Morgan fingerprint density at radius 2 is 2.19 bits per heavy atom. The number of nitrogens with zero attached hydrogens (tertiary/aromatic N) is 2. The van der Waals surface area contributed by atoms with E-state index >= 15 is 0 Å². The second-order valence-electron chi connectivity index (χ2n) is 3.66. The maximum Gasteiger partial charge on any atom is 0.128 e. The van der Waals surface area contributed by atoms with Gasteiger partial charge in [-0.15, -0.1) is 0 Å². The average Bonchev–Trinajstić information content (AvgIpc) is 2.24. The first kappa shape index (κ1) is 12.4. The molecule has 88 valence electrons. The van der Waals surface area contributed by atoms with Crippen LogP contribution >= 0.6 is 0 Å². The highest BCUT2D eigenvalue weighted by Crippen LogP contribution is 2.22. The standard InChI is InChI=1S/C12H18N2O2/c1-4-7-16-11-6-5-10(12(15)8-11)9-13-14(2)3/h5-6,8-9,15H,4,7H2,1-3H3.